The Morgan fingerprint density at radius 3 is 2.60 bits per heavy atom. The number of aryl methyl sites for hydroxylation is 1. The molecule has 0 unspecified atom stereocenters. The number of anilines is 2. The first-order chi connectivity index (χ1) is 12.2. The van der Waals surface area contributed by atoms with Gasteiger partial charge in [-0.2, -0.15) is 5.10 Å². The average molecular weight is 335 g/mol. The largest absolute Gasteiger partial charge is 0.372 e. The maximum absolute atomic E-state index is 12.5. The van der Waals surface area contributed by atoms with Crippen LogP contribution in [0.5, 0.6) is 0 Å². The van der Waals surface area contributed by atoms with E-state index in [1.807, 2.05) is 19.1 Å². The van der Waals surface area contributed by atoms with Crippen LogP contribution >= 0.6 is 0 Å². The van der Waals surface area contributed by atoms with Crippen LogP contribution in [0, 0.1) is 6.92 Å². The predicted molar refractivity (Wildman–Crippen MR) is 98.2 cm³/mol. The third-order valence-corrected chi connectivity index (χ3v) is 4.62. The van der Waals surface area contributed by atoms with Gasteiger partial charge in [-0.3, -0.25) is 4.79 Å². The van der Waals surface area contributed by atoms with Gasteiger partial charge in [-0.15, -0.1) is 0 Å². The van der Waals surface area contributed by atoms with Crippen LogP contribution < -0.4 is 10.2 Å². The van der Waals surface area contributed by atoms with Crippen LogP contribution in [0.4, 0.5) is 11.4 Å². The molecule has 1 N–H and O–H groups in total. The maximum Gasteiger partial charge on any atom is 0.274 e. The smallest absolute Gasteiger partial charge is 0.274 e. The summed E-state index contributed by atoms with van der Waals surface area (Å²) in [6, 6.07) is 11.6. The van der Waals surface area contributed by atoms with Crippen molar-refractivity contribution < 1.29 is 4.79 Å². The molecule has 1 aliphatic rings. The summed E-state index contributed by atoms with van der Waals surface area (Å²) in [5.41, 5.74) is 3.93. The summed E-state index contributed by atoms with van der Waals surface area (Å²) in [7, 11) is 0. The van der Waals surface area contributed by atoms with Crippen LogP contribution in [0.25, 0.3) is 5.65 Å². The van der Waals surface area contributed by atoms with Gasteiger partial charge >= 0.3 is 0 Å². The zero-order valence-corrected chi connectivity index (χ0v) is 14.3. The lowest BCUT2D eigenvalue weighted by molar-refractivity contribution is 0.102. The number of carbonyl (C=O) groups excluding carboxylic acids is 1. The molecule has 1 aromatic carbocycles. The zero-order valence-electron chi connectivity index (χ0n) is 14.3. The molecule has 3 heterocycles. The summed E-state index contributed by atoms with van der Waals surface area (Å²) in [5.74, 6) is -0.211. The van der Waals surface area contributed by atoms with Crippen molar-refractivity contribution in [1.82, 2.24) is 14.6 Å². The van der Waals surface area contributed by atoms with E-state index in [-0.39, 0.29) is 5.91 Å². The van der Waals surface area contributed by atoms with Crippen LogP contribution in [0.3, 0.4) is 0 Å². The Bertz CT molecular complexity index is 894. The van der Waals surface area contributed by atoms with Gasteiger partial charge in [0.25, 0.3) is 5.91 Å². The molecule has 4 rings (SSSR count). The third kappa shape index (κ3) is 3.20. The highest BCUT2D eigenvalue weighted by Crippen LogP contribution is 2.22. The second-order valence-electron chi connectivity index (χ2n) is 6.43. The number of hydrogen-bond donors (Lipinski definition) is 1. The number of aromatic nitrogens is 3. The Labute approximate surface area is 146 Å². The van der Waals surface area contributed by atoms with Gasteiger partial charge in [-0.25, -0.2) is 9.50 Å². The highest BCUT2D eigenvalue weighted by molar-refractivity contribution is 6.03. The first-order valence-electron chi connectivity index (χ1n) is 8.68. The molecule has 0 saturated carbocycles. The fourth-order valence-electron chi connectivity index (χ4n) is 3.29. The molecule has 0 bridgehead atoms. The molecule has 0 aliphatic carbocycles. The molecule has 6 heteroatoms. The van der Waals surface area contributed by atoms with E-state index >= 15 is 0 Å². The number of piperidine rings is 1. The highest BCUT2D eigenvalue weighted by atomic mass is 16.1. The number of fused-ring (bicyclic) bond motifs is 1. The van der Waals surface area contributed by atoms with Gasteiger partial charge in [-0.05, 0) is 56.5 Å². The summed E-state index contributed by atoms with van der Waals surface area (Å²) >= 11 is 0. The number of carbonyl (C=O) groups is 1. The summed E-state index contributed by atoms with van der Waals surface area (Å²) < 4.78 is 1.71. The third-order valence-electron chi connectivity index (χ3n) is 4.62. The van der Waals surface area contributed by atoms with Crippen molar-refractivity contribution in [2.45, 2.75) is 26.2 Å². The Hall–Kier alpha value is -2.89. The molecule has 1 aliphatic heterocycles. The normalized spacial score (nSPS) is 14.7. The summed E-state index contributed by atoms with van der Waals surface area (Å²) in [6.07, 6.45) is 5.50. The molecule has 0 radical (unpaired) electrons. The van der Waals surface area contributed by atoms with E-state index in [4.69, 9.17) is 0 Å². The average Bonchev–Trinajstić information content (AvgIpc) is 3.12. The molecular weight excluding hydrogens is 314 g/mol. The fourth-order valence-corrected chi connectivity index (χ4v) is 3.29. The lowest BCUT2D eigenvalue weighted by atomic mass is 10.1. The molecule has 128 valence electrons. The van der Waals surface area contributed by atoms with Crippen molar-refractivity contribution >= 4 is 22.9 Å². The number of hydrogen-bond acceptors (Lipinski definition) is 4. The molecule has 25 heavy (non-hydrogen) atoms. The standard InChI is InChI=1S/C19H21N5O/c1-14-13-17(22-18-9-10-20-24(14)18)19(25)21-15-5-7-16(8-6-15)23-11-3-2-4-12-23/h5-10,13H,2-4,11-12H2,1H3,(H,21,25). The molecule has 1 fully saturated rings. The van der Waals surface area contributed by atoms with Crippen LogP contribution in [-0.4, -0.2) is 33.6 Å². The van der Waals surface area contributed by atoms with Gasteiger partial charge in [-0.1, -0.05) is 0 Å². The minimum absolute atomic E-state index is 0.211. The fraction of sp³-hybridized carbons (Fsp3) is 0.316. The van der Waals surface area contributed by atoms with E-state index in [1.165, 1.54) is 24.9 Å². The second kappa shape index (κ2) is 6.55. The maximum atomic E-state index is 12.5. The predicted octanol–water partition coefficient (Wildman–Crippen LogP) is 3.28. The monoisotopic (exact) mass is 335 g/mol. The van der Waals surface area contributed by atoms with E-state index in [9.17, 15) is 4.79 Å². The Morgan fingerprint density at radius 2 is 1.84 bits per heavy atom. The Morgan fingerprint density at radius 1 is 1.08 bits per heavy atom. The van der Waals surface area contributed by atoms with Crippen LogP contribution in [0.1, 0.15) is 35.4 Å². The van der Waals surface area contributed by atoms with Crippen LogP contribution in [0.15, 0.2) is 42.6 Å². The first-order valence-corrected chi connectivity index (χ1v) is 8.68. The number of nitrogens with zero attached hydrogens (tertiary/aromatic N) is 4. The van der Waals surface area contributed by atoms with Crippen molar-refractivity contribution in [2.24, 2.45) is 0 Å². The number of benzene rings is 1. The van der Waals surface area contributed by atoms with Crippen molar-refractivity contribution in [1.29, 1.82) is 0 Å². The minimum Gasteiger partial charge on any atom is -0.372 e. The Kier molecular flexibility index (Phi) is 4.09. The van der Waals surface area contributed by atoms with Gasteiger partial charge < -0.3 is 10.2 Å². The van der Waals surface area contributed by atoms with Crippen molar-refractivity contribution in [2.75, 3.05) is 23.3 Å². The summed E-state index contributed by atoms with van der Waals surface area (Å²) in [6.45, 7) is 4.13. The van der Waals surface area contributed by atoms with Gasteiger partial charge in [0.1, 0.15) is 5.69 Å². The van der Waals surface area contributed by atoms with E-state index in [1.54, 1.807) is 22.8 Å². The minimum atomic E-state index is -0.211. The van der Waals surface area contributed by atoms with Crippen molar-refractivity contribution in [3.05, 3.63) is 54.0 Å². The van der Waals surface area contributed by atoms with Crippen LogP contribution in [0.2, 0.25) is 0 Å². The number of nitrogens with one attached hydrogen (secondary N) is 1. The van der Waals surface area contributed by atoms with Gasteiger partial charge in [0.2, 0.25) is 0 Å². The Balaban J connectivity index is 1.49. The molecule has 2 aromatic heterocycles. The number of amides is 1. The first kappa shape index (κ1) is 15.6. The molecule has 6 nitrogen and oxygen atoms in total. The molecule has 1 amide bonds. The van der Waals surface area contributed by atoms with Gasteiger partial charge in [0.15, 0.2) is 5.65 Å². The topological polar surface area (TPSA) is 62.5 Å². The lowest BCUT2D eigenvalue weighted by Gasteiger charge is -2.28. The summed E-state index contributed by atoms with van der Waals surface area (Å²) in [4.78, 5) is 19.3. The highest BCUT2D eigenvalue weighted by Gasteiger charge is 2.13. The van der Waals surface area contributed by atoms with Crippen LogP contribution in [-0.2, 0) is 0 Å². The quantitative estimate of drug-likeness (QED) is 0.798. The molecular formula is C19H21N5O. The van der Waals surface area contributed by atoms with E-state index in [2.05, 4.69) is 32.4 Å². The van der Waals surface area contributed by atoms with E-state index < -0.39 is 0 Å². The van der Waals surface area contributed by atoms with Gasteiger partial charge in [0, 0.05) is 36.2 Å². The van der Waals surface area contributed by atoms with Crippen molar-refractivity contribution in [3.8, 4) is 0 Å². The zero-order chi connectivity index (χ0) is 17.2. The summed E-state index contributed by atoms with van der Waals surface area (Å²) in [5, 5.41) is 7.10. The molecule has 1 saturated heterocycles. The van der Waals surface area contributed by atoms with E-state index in [0.717, 1.165) is 24.5 Å². The lowest BCUT2D eigenvalue weighted by Crippen LogP contribution is -2.29. The molecule has 0 spiro atoms. The van der Waals surface area contributed by atoms with Crippen molar-refractivity contribution in [3.63, 3.8) is 0 Å². The van der Waals surface area contributed by atoms with E-state index in [0.29, 0.717) is 11.3 Å². The second-order valence-corrected chi connectivity index (χ2v) is 6.43. The van der Waals surface area contributed by atoms with Gasteiger partial charge in [0.05, 0.1) is 6.20 Å². The SMILES string of the molecule is Cc1cc(C(=O)Nc2ccc(N3CCCCC3)cc2)nc2ccnn12. The molecule has 3 aromatic rings. The number of rotatable bonds is 3. The molecule has 0 atom stereocenters.